The molecule has 3 aromatic rings. The van der Waals surface area contributed by atoms with Crippen molar-refractivity contribution < 1.29 is 28.1 Å². The molecule has 146 valence electrons. The lowest BCUT2D eigenvalue weighted by Gasteiger charge is -2.10. The highest BCUT2D eigenvalue weighted by Crippen LogP contribution is 2.32. The van der Waals surface area contributed by atoms with E-state index in [1.165, 1.54) is 36.4 Å². The topological polar surface area (TPSA) is 44.8 Å². The van der Waals surface area contributed by atoms with E-state index < -0.39 is 17.6 Å². The number of carbonyl (C=O) groups is 1. The van der Waals surface area contributed by atoms with Gasteiger partial charge in [-0.05, 0) is 35.4 Å². The zero-order chi connectivity index (χ0) is 20.8. The lowest BCUT2D eigenvalue weighted by atomic mass is 9.98. The number of ether oxygens (including phenoxy) is 1. The van der Waals surface area contributed by atoms with Crippen molar-refractivity contribution in [1.29, 1.82) is 0 Å². The summed E-state index contributed by atoms with van der Waals surface area (Å²) in [6, 6.07) is 15.3. The summed E-state index contributed by atoms with van der Waals surface area (Å²) in [5, 5.41) is 0. The summed E-state index contributed by atoms with van der Waals surface area (Å²) in [4.78, 5) is 20.7. The van der Waals surface area contributed by atoms with Gasteiger partial charge in [0.2, 0.25) is 0 Å². The van der Waals surface area contributed by atoms with E-state index in [1.807, 2.05) is 0 Å². The molecule has 0 atom stereocenters. The number of carbonyl (C=O) groups excluding carboxylic acids is 1. The third kappa shape index (κ3) is 4.50. The highest BCUT2D eigenvalue weighted by molar-refractivity contribution is 5.83. The summed E-state index contributed by atoms with van der Waals surface area (Å²) in [5.74, 6) is -1.89. The van der Waals surface area contributed by atoms with Crippen LogP contribution in [0.25, 0.3) is 22.3 Å². The second-order valence-corrected chi connectivity index (χ2v) is 5.81. The molecule has 0 fully saturated rings. The van der Waals surface area contributed by atoms with Crippen LogP contribution < -0.4 is 9.62 Å². The van der Waals surface area contributed by atoms with Crippen LogP contribution in [0.2, 0.25) is 0 Å². The summed E-state index contributed by atoms with van der Waals surface area (Å²) >= 11 is 0. The van der Waals surface area contributed by atoms with Gasteiger partial charge in [0.15, 0.2) is 17.4 Å². The minimum absolute atomic E-state index is 0.0900. The maximum atomic E-state index is 14.7. The van der Waals surface area contributed by atoms with Crippen LogP contribution in [0.15, 0.2) is 86.2 Å². The number of hydrogen-bond donors (Lipinski definition) is 0. The summed E-state index contributed by atoms with van der Waals surface area (Å²) in [6.45, 7) is 6.66. The van der Waals surface area contributed by atoms with Gasteiger partial charge in [-0.2, -0.15) is 0 Å². The highest BCUT2D eigenvalue weighted by atomic mass is 19.2. The van der Waals surface area contributed by atoms with Gasteiger partial charge in [0.1, 0.15) is 12.0 Å². The van der Waals surface area contributed by atoms with Crippen molar-refractivity contribution in [3.8, 4) is 33.8 Å². The van der Waals surface area contributed by atoms with Crippen molar-refractivity contribution in [3.63, 3.8) is 0 Å². The maximum absolute atomic E-state index is 14.7. The molecule has 0 radical (unpaired) electrons. The average molecular weight is 394 g/mol. The van der Waals surface area contributed by atoms with Crippen LogP contribution in [0.1, 0.15) is 0 Å². The zero-order valence-corrected chi connectivity index (χ0v) is 15.2. The van der Waals surface area contributed by atoms with Gasteiger partial charge >= 0.3 is 5.97 Å². The molecule has 0 unspecified atom stereocenters. The molecule has 0 N–H and O–H groups in total. The van der Waals surface area contributed by atoms with Gasteiger partial charge in [0, 0.05) is 17.2 Å². The molecule has 0 bridgehead atoms. The van der Waals surface area contributed by atoms with E-state index >= 15 is 0 Å². The fourth-order valence-corrected chi connectivity index (χ4v) is 2.64. The number of hydrogen-bond acceptors (Lipinski definition) is 4. The summed E-state index contributed by atoms with van der Waals surface area (Å²) in [5.41, 5.74) is 1.12. The number of benzene rings is 3. The first-order valence-corrected chi connectivity index (χ1v) is 8.51. The fraction of sp³-hybridized carbons (Fsp3) is 0. The lowest BCUT2D eigenvalue weighted by Crippen LogP contribution is -2.02. The second kappa shape index (κ2) is 8.84. The molecule has 0 heterocycles. The van der Waals surface area contributed by atoms with Gasteiger partial charge in [0.25, 0.3) is 0 Å². The number of rotatable bonds is 7. The van der Waals surface area contributed by atoms with E-state index in [2.05, 4.69) is 18.0 Å². The molecule has 0 aliphatic heterocycles. The average Bonchev–Trinajstić information content (AvgIpc) is 2.75. The smallest absolute Gasteiger partial charge is 0.335 e. The first-order valence-electron chi connectivity index (χ1n) is 8.51. The second-order valence-electron chi connectivity index (χ2n) is 5.81. The summed E-state index contributed by atoms with van der Waals surface area (Å²) in [7, 11) is 0. The molecule has 4 nitrogen and oxygen atoms in total. The van der Waals surface area contributed by atoms with Crippen LogP contribution in [0.4, 0.5) is 8.78 Å². The Kier molecular flexibility index (Phi) is 6.04. The Morgan fingerprint density at radius 1 is 0.759 bits per heavy atom. The van der Waals surface area contributed by atoms with Crippen molar-refractivity contribution in [1.82, 2.24) is 0 Å². The van der Waals surface area contributed by atoms with Gasteiger partial charge in [-0.15, -0.1) is 0 Å². The monoisotopic (exact) mass is 394 g/mol. The molecule has 0 aliphatic rings. The molecule has 0 saturated heterocycles. The molecule has 0 aliphatic carbocycles. The maximum Gasteiger partial charge on any atom is 0.335 e. The van der Waals surface area contributed by atoms with Crippen molar-refractivity contribution in [2.24, 2.45) is 0 Å². The Balaban J connectivity index is 1.86. The van der Waals surface area contributed by atoms with E-state index in [4.69, 9.17) is 9.62 Å². The van der Waals surface area contributed by atoms with Gasteiger partial charge < -0.3 is 4.74 Å². The van der Waals surface area contributed by atoms with Crippen LogP contribution in [0.5, 0.6) is 11.5 Å². The predicted octanol–water partition coefficient (Wildman–Crippen LogP) is 5.84. The largest absolute Gasteiger partial charge is 0.423 e. The Labute approximate surface area is 166 Å². The van der Waals surface area contributed by atoms with E-state index in [1.54, 1.807) is 24.3 Å². The quantitative estimate of drug-likeness (QED) is 0.126. The molecule has 0 amide bonds. The van der Waals surface area contributed by atoms with Crippen molar-refractivity contribution in [2.75, 3.05) is 0 Å². The molecular formula is C23H16F2O4. The molecule has 0 aromatic heterocycles. The van der Waals surface area contributed by atoms with Crippen LogP contribution in [-0.4, -0.2) is 5.97 Å². The van der Waals surface area contributed by atoms with Crippen LogP contribution in [0, 0.1) is 11.6 Å². The van der Waals surface area contributed by atoms with Gasteiger partial charge in [-0.1, -0.05) is 49.6 Å². The number of esters is 1. The van der Waals surface area contributed by atoms with E-state index in [0.717, 1.165) is 12.3 Å². The fourth-order valence-electron chi connectivity index (χ4n) is 2.64. The van der Waals surface area contributed by atoms with Crippen LogP contribution in [0.3, 0.4) is 0 Å². The lowest BCUT2D eigenvalue weighted by molar-refractivity contribution is -0.148. The Morgan fingerprint density at radius 3 is 1.69 bits per heavy atom. The molecule has 6 heteroatoms. The Morgan fingerprint density at radius 2 is 1.24 bits per heavy atom. The van der Waals surface area contributed by atoms with Gasteiger partial charge in [-0.25, -0.2) is 13.6 Å². The van der Waals surface area contributed by atoms with E-state index in [0.29, 0.717) is 16.9 Å². The van der Waals surface area contributed by atoms with Gasteiger partial charge in [0.05, 0.1) is 0 Å². The highest BCUT2D eigenvalue weighted by Gasteiger charge is 2.16. The molecule has 0 saturated carbocycles. The standard InChI is InChI=1S/C23H16F2O4/c1-3-21(26)28-17-9-5-15(6-10-17)19-13-14-20(23(25)22(19)24)16-7-11-18(12-8-16)29-27-4-2/h3-14H,1-2H2. The first kappa shape index (κ1) is 19.8. The van der Waals surface area contributed by atoms with E-state index in [9.17, 15) is 13.6 Å². The number of halogens is 2. The zero-order valence-electron chi connectivity index (χ0n) is 15.2. The third-order valence-corrected chi connectivity index (χ3v) is 4.01. The van der Waals surface area contributed by atoms with Crippen molar-refractivity contribution in [2.45, 2.75) is 0 Å². The minimum Gasteiger partial charge on any atom is -0.423 e. The molecule has 0 spiro atoms. The SMILES string of the molecule is C=COOc1ccc(-c2ccc(-c3ccc(OC(=O)C=C)cc3)c(F)c2F)cc1. The molecule has 29 heavy (non-hydrogen) atoms. The first-order chi connectivity index (χ1) is 14.0. The van der Waals surface area contributed by atoms with Crippen LogP contribution in [-0.2, 0) is 9.68 Å². The minimum atomic E-state index is -0.978. The van der Waals surface area contributed by atoms with Crippen molar-refractivity contribution >= 4 is 5.97 Å². The molecular weight excluding hydrogens is 378 g/mol. The Hall–Kier alpha value is -3.93. The van der Waals surface area contributed by atoms with E-state index in [-0.39, 0.29) is 16.9 Å². The summed E-state index contributed by atoms with van der Waals surface area (Å²) in [6.07, 6.45) is 2.16. The van der Waals surface area contributed by atoms with Crippen molar-refractivity contribution in [3.05, 3.63) is 97.8 Å². The van der Waals surface area contributed by atoms with Gasteiger partial charge in [-0.3, -0.25) is 9.78 Å². The predicted molar refractivity (Wildman–Crippen MR) is 105 cm³/mol. The molecule has 3 rings (SSSR count). The molecule has 3 aromatic carbocycles. The van der Waals surface area contributed by atoms with Crippen LogP contribution >= 0.6 is 0 Å². The third-order valence-electron chi connectivity index (χ3n) is 4.01. The summed E-state index contributed by atoms with van der Waals surface area (Å²) < 4.78 is 34.4. The normalized spacial score (nSPS) is 10.1. The Bertz CT molecular complexity index is 1040.